The van der Waals surface area contributed by atoms with Gasteiger partial charge >= 0.3 is 12.1 Å². The summed E-state index contributed by atoms with van der Waals surface area (Å²) in [6.45, 7) is 4.03. The number of rotatable bonds is 7. The lowest BCUT2D eigenvalue weighted by molar-refractivity contribution is -0.235. The third-order valence-electron chi connectivity index (χ3n) is 2.44. The predicted octanol–water partition coefficient (Wildman–Crippen LogP) is 2.54. The fourth-order valence-electron chi connectivity index (χ4n) is 1.46. The van der Waals surface area contributed by atoms with Gasteiger partial charge in [-0.1, -0.05) is 39.5 Å². The summed E-state index contributed by atoms with van der Waals surface area (Å²) in [5.74, 6) is -0.728. The monoisotopic (exact) mass is 231 g/mol. The van der Waals surface area contributed by atoms with E-state index in [1.165, 1.54) is 6.42 Å². The van der Waals surface area contributed by atoms with E-state index in [1.807, 2.05) is 6.92 Å². The van der Waals surface area contributed by atoms with Crippen LogP contribution in [0.4, 0.5) is 4.79 Å². The first-order chi connectivity index (χ1) is 7.61. The molecular weight excluding hydrogens is 210 g/mol. The van der Waals surface area contributed by atoms with Crippen LogP contribution in [0.2, 0.25) is 0 Å². The Kier molecular flexibility index (Phi) is 8.29. The maximum absolute atomic E-state index is 11.4. The number of carbonyl (C=O) groups is 2. The van der Waals surface area contributed by atoms with Crippen LogP contribution in [-0.2, 0) is 14.6 Å². The summed E-state index contributed by atoms with van der Waals surface area (Å²) in [6.07, 6.45) is 4.75. The van der Waals surface area contributed by atoms with Crippen molar-refractivity contribution >= 4 is 12.1 Å². The Bertz CT molecular complexity index is 218. The Balaban J connectivity index is 3.78. The van der Waals surface area contributed by atoms with E-state index in [0.717, 1.165) is 25.7 Å². The third-order valence-corrected chi connectivity index (χ3v) is 2.44. The van der Waals surface area contributed by atoms with Gasteiger partial charge in [0.15, 0.2) is 0 Å². The van der Waals surface area contributed by atoms with Gasteiger partial charge in [-0.3, -0.25) is 0 Å². The van der Waals surface area contributed by atoms with E-state index >= 15 is 0 Å². The van der Waals surface area contributed by atoms with E-state index in [-0.39, 0.29) is 5.92 Å². The molecule has 0 spiro atoms. The zero-order valence-electron chi connectivity index (χ0n) is 10.0. The van der Waals surface area contributed by atoms with Crippen LogP contribution in [0.15, 0.2) is 0 Å². The number of unbranched alkanes of at least 4 members (excludes halogenated alkanes) is 3. The molecule has 0 aliphatic rings. The minimum absolute atomic E-state index is 0.212. The third kappa shape index (κ3) is 7.09. The van der Waals surface area contributed by atoms with E-state index in [2.05, 4.69) is 22.4 Å². The van der Waals surface area contributed by atoms with Gasteiger partial charge in [0.2, 0.25) is 0 Å². The zero-order valence-corrected chi connectivity index (χ0v) is 10.0. The van der Waals surface area contributed by atoms with Crippen molar-refractivity contribution in [1.29, 1.82) is 0 Å². The van der Waals surface area contributed by atoms with Gasteiger partial charge in [-0.2, -0.15) is 0 Å². The topological polar surface area (TPSA) is 78.6 Å². The first-order valence-electron chi connectivity index (χ1n) is 5.79. The van der Waals surface area contributed by atoms with Gasteiger partial charge in [-0.15, -0.1) is 0 Å². The van der Waals surface area contributed by atoms with Gasteiger partial charge in [0, 0.05) is 0 Å². The van der Waals surface area contributed by atoms with Crippen molar-refractivity contribution in [3.8, 4) is 0 Å². The zero-order chi connectivity index (χ0) is 12.4. The van der Waals surface area contributed by atoms with Crippen molar-refractivity contribution in [2.75, 3.05) is 0 Å². The number of carbonyl (C=O) groups excluding carboxylic acids is 2. The lowest BCUT2D eigenvalue weighted by Gasteiger charge is -2.11. The van der Waals surface area contributed by atoms with E-state index in [1.54, 1.807) is 0 Å². The molecule has 2 N–H and O–H groups in total. The van der Waals surface area contributed by atoms with E-state index in [9.17, 15) is 9.59 Å². The Morgan fingerprint density at radius 1 is 1.12 bits per heavy atom. The van der Waals surface area contributed by atoms with Gasteiger partial charge in [0.1, 0.15) is 0 Å². The van der Waals surface area contributed by atoms with Crippen LogP contribution >= 0.6 is 0 Å². The smallest absolute Gasteiger partial charge is 0.332 e. The summed E-state index contributed by atoms with van der Waals surface area (Å²) < 4.78 is 0. The standard InChI is InChI=1S/C11H21NO4/c1-3-5-6-7-8-9(4-2)10(13)15-16-11(12)14/h9H,3-8H2,1-2H3,(H2,12,14). The molecule has 0 rings (SSSR count). The average Bonchev–Trinajstić information content (AvgIpc) is 2.26. The van der Waals surface area contributed by atoms with Crippen LogP contribution in [0.1, 0.15) is 52.4 Å². The molecule has 1 unspecified atom stereocenters. The van der Waals surface area contributed by atoms with Crippen molar-refractivity contribution in [2.45, 2.75) is 52.4 Å². The molecule has 0 fully saturated rings. The molecule has 0 bridgehead atoms. The SMILES string of the molecule is CCCCCCC(CC)C(=O)OOC(N)=O. The van der Waals surface area contributed by atoms with Gasteiger partial charge in [0.25, 0.3) is 0 Å². The first-order valence-corrected chi connectivity index (χ1v) is 5.79. The van der Waals surface area contributed by atoms with Crippen LogP contribution in [0.25, 0.3) is 0 Å². The Morgan fingerprint density at radius 2 is 1.81 bits per heavy atom. The highest BCUT2D eigenvalue weighted by Gasteiger charge is 2.19. The molecule has 1 atom stereocenters. The van der Waals surface area contributed by atoms with E-state index in [0.29, 0.717) is 6.42 Å². The van der Waals surface area contributed by atoms with Gasteiger partial charge in [-0.05, 0) is 12.8 Å². The molecule has 5 heteroatoms. The number of hydrogen-bond donors (Lipinski definition) is 1. The van der Waals surface area contributed by atoms with Gasteiger partial charge < -0.3 is 5.73 Å². The van der Waals surface area contributed by atoms with Crippen LogP contribution < -0.4 is 5.73 Å². The molecule has 0 aliphatic heterocycles. The summed E-state index contributed by atoms with van der Waals surface area (Å²) >= 11 is 0. The molecule has 0 saturated heterocycles. The van der Waals surface area contributed by atoms with Crippen LogP contribution in [-0.4, -0.2) is 12.1 Å². The second kappa shape index (κ2) is 9.00. The van der Waals surface area contributed by atoms with Crippen molar-refractivity contribution < 1.29 is 19.4 Å². The van der Waals surface area contributed by atoms with Crippen LogP contribution in [0.5, 0.6) is 0 Å². The highest BCUT2D eigenvalue weighted by atomic mass is 17.2. The van der Waals surface area contributed by atoms with Crippen molar-refractivity contribution in [1.82, 2.24) is 0 Å². The fraction of sp³-hybridized carbons (Fsp3) is 0.818. The van der Waals surface area contributed by atoms with Crippen LogP contribution in [0.3, 0.4) is 0 Å². The molecule has 0 saturated carbocycles. The van der Waals surface area contributed by atoms with E-state index in [4.69, 9.17) is 0 Å². The first kappa shape index (κ1) is 14.7. The largest absolute Gasteiger partial charge is 0.447 e. The molecule has 0 heterocycles. The maximum Gasteiger partial charge on any atom is 0.447 e. The summed E-state index contributed by atoms with van der Waals surface area (Å²) in [6, 6.07) is 0. The fourth-order valence-corrected chi connectivity index (χ4v) is 1.46. The molecule has 0 aromatic rings. The molecule has 0 aromatic heterocycles. The molecule has 5 nitrogen and oxygen atoms in total. The minimum atomic E-state index is -1.10. The highest BCUT2D eigenvalue weighted by molar-refractivity contribution is 5.73. The Hall–Kier alpha value is -1.26. The summed E-state index contributed by atoms with van der Waals surface area (Å²) in [7, 11) is 0. The minimum Gasteiger partial charge on any atom is -0.332 e. The molecule has 0 aromatic carbocycles. The number of amides is 1. The average molecular weight is 231 g/mol. The van der Waals surface area contributed by atoms with Gasteiger partial charge in [0.05, 0.1) is 5.92 Å². The molecule has 1 amide bonds. The summed E-state index contributed by atoms with van der Waals surface area (Å²) in [4.78, 5) is 29.9. The Labute approximate surface area is 96.2 Å². The summed E-state index contributed by atoms with van der Waals surface area (Å²) in [5.41, 5.74) is 4.68. The number of hydrogen-bond acceptors (Lipinski definition) is 4. The number of nitrogens with two attached hydrogens (primary N) is 1. The van der Waals surface area contributed by atoms with Crippen molar-refractivity contribution in [3.05, 3.63) is 0 Å². The lowest BCUT2D eigenvalue weighted by atomic mass is 9.98. The Morgan fingerprint density at radius 3 is 2.31 bits per heavy atom. The maximum atomic E-state index is 11.4. The van der Waals surface area contributed by atoms with Crippen molar-refractivity contribution in [2.24, 2.45) is 11.7 Å². The van der Waals surface area contributed by atoms with Crippen molar-refractivity contribution in [3.63, 3.8) is 0 Å². The highest BCUT2D eigenvalue weighted by Crippen LogP contribution is 2.15. The second-order valence-electron chi connectivity index (χ2n) is 3.76. The normalized spacial score (nSPS) is 11.9. The van der Waals surface area contributed by atoms with Gasteiger partial charge in [-0.25, -0.2) is 19.4 Å². The lowest BCUT2D eigenvalue weighted by Crippen LogP contribution is -2.22. The molecule has 16 heavy (non-hydrogen) atoms. The predicted molar refractivity (Wildman–Crippen MR) is 59.3 cm³/mol. The molecule has 0 radical (unpaired) electrons. The molecular formula is C11H21NO4. The second-order valence-corrected chi connectivity index (χ2v) is 3.76. The molecule has 94 valence electrons. The number of primary amides is 1. The van der Waals surface area contributed by atoms with E-state index < -0.39 is 12.1 Å². The quantitative estimate of drug-likeness (QED) is 0.415. The summed E-state index contributed by atoms with van der Waals surface area (Å²) in [5, 5.41) is 0. The molecule has 0 aliphatic carbocycles. The van der Waals surface area contributed by atoms with Crippen LogP contribution in [0, 0.1) is 5.92 Å².